The van der Waals surface area contributed by atoms with Gasteiger partial charge in [0.1, 0.15) is 0 Å². The number of para-hydroxylation sites is 1. The Morgan fingerprint density at radius 1 is 1.33 bits per heavy atom. The summed E-state index contributed by atoms with van der Waals surface area (Å²) in [7, 11) is 2.56. The summed E-state index contributed by atoms with van der Waals surface area (Å²) in [6.07, 6.45) is 1.07. The van der Waals surface area contributed by atoms with E-state index in [0.29, 0.717) is 7.02 Å². The van der Waals surface area contributed by atoms with Gasteiger partial charge in [0.25, 0.3) is 0 Å². The van der Waals surface area contributed by atoms with Crippen LogP contribution in [-0.2, 0) is 20.0 Å². The van der Waals surface area contributed by atoms with E-state index in [1.807, 2.05) is 0 Å². The van der Waals surface area contributed by atoms with Crippen LogP contribution in [0, 0.1) is 0 Å². The fourth-order valence-electron chi connectivity index (χ4n) is 2.59. The Labute approximate surface area is 91.5 Å². The highest BCUT2D eigenvalue weighted by atomic mass is 15.1. The van der Waals surface area contributed by atoms with Crippen LogP contribution in [0.15, 0.2) is 24.3 Å². The topological polar surface area (TPSA) is 8.17 Å². The van der Waals surface area contributed by atoms with Crippen LogP contribution in [0.3, 0.4) is 0 Å². The van der Waals surface area contributed by atoms with E-state index < -0.39 is 0 Å². The summed E-state index contributed by atoms with van der Waals surface area (Å²) in [5.41, 5.74) is 4.20. The van der Waals surface area contributed by atoms with Gasteiger partial charge >= 0.3 is 0 Å². The van der Waals surface area contributed by atoms with Gasteiger partial charge in [0.15, 0.2) is 0 Å². The fourth-order valence-corrected chi connectivity index (χ4v) is 2.59. The third-order valence-corrected chi connectivity index (χ3v) is 3.39. The molecule has 0 fully saturated rings. The molecule has 0 spiro atoms. The average Bonchev–Trinajstić information content (AvgIpc) is 2.64. The molecular formula is C13H16N2. The lowest BCUT2D eigenvalue weighted by Gasteiger charge is -2.23. The Kier molecular flexibility index (Phi) is 1.64. The first kappa shape index (κ1) is 7.94. The molecule has 0 aliphatic carbocycles. The minimum atomic E-state index is 0.405. The van der Waals surface area contributed by atoms with Crippen LogP contribution in [0.4, 0.5) is 0 Å². The molecule has 1 aromatic carbocycles. The molecule has 2 nitrogen and oxygen atoms in total. The summed E-state index contributed by atoms with van der Waals surface area (Å²) in [5, 5.41) is 1.36. The number of benzene rings is 1. The van der Waals surface area contributed by atoms with Gasteiger partial charge in [-0.05, 0) is 18.7 Å². The van der Waals surface area contributed by atoms with Gasteiger partial charge in [-0.2, -0.15) is 0 Å². The molecule has 0 saturated heterocycles. The van der Waals surface area contributed by atoms with Crippen molar-refractivity contribution in [3.05, 3.63) is 35.5 Å². The second-order valence-electron chi connectivity index (χ2n) is 4.30. The molecule has 0 unspecified atom stereocenters. The van der Waals surface area contributed by atoms with Crippen LogP contribution in [-0.4, -0.2) is 23.0 Å². The first-order valence-corrected chi connectivity index (χ1v) is 5.38. The van der Waals surface area contributed by atoms with Crippen molar-refractivity contribution >= 4 is 10.9 Å². The molecule has 0 N–H and O–H groups in total. The predicted octanol–water partition coefficient (Wildman–Crippen LogP) is 2.17. The van der Waals surface area contributed by atoms with E-state index in [9.17, 15) is 0 Å². The molecule has 2 aromatic rings. The van der Waals surface area contributed by atoms with E-state index in [0.717, 1.165) is 19.5 Å². The Morgan fingerprint density at radius 3 is 3.07 bits per heavy atom. The predicted molar refractivity (Wildman–Crippen MR) is 63.0 cm³/mol. The molecule has 78 valence electrons. The maximum Gasteiger partial charge on any atom is 0.0483 e. The fraction of sp³-hybridized carbons (Fsp3) is 0.385. The SMILES string of the molecule is [2H]CN1CCc2c(c3ccccc3n2C)C1. The first-order chi connectivity index (χ1) is 7.81. The van der Waals surface area contributed by atoms with E-state index in [1.165, 1.54) is 22.2 Å². The average molecular weight is 201 g/mol. The van der Waals surface area contributed by atoms with E-state index >= 15 is 0 Å². The molecule has 1 aliphatic heterocycles. The van der Waals surface area contributed by atoms with Gasteiger partial charge in [0.2, 0.25) is 0 Å². The van der Waals surface area contributed by atoms with Crippen LogP contribution in [0.2, 0.25) is 0 Å². The maximum atomic E-state index is 7.47. The number of aryl methyl sites for hydroxylation is 1. The minimum Gasteiger partial charge on any atom is -0.347 e. The van der Waals surface area contributed by atoms with Crippen molar-refractivity contribution in [1.82, 2.24) is 9.47 Å². The third kappa shape index (κ3) is 1.21. The summed E-state index contributed by atoms with van der Waals surface area (Å²) in [6.45, 7) is 1.95. The molecule has 0 radical (unpaired) electrons. The van der Waals surface area contributed by atoms with Crippen molar-refractivity contribution < 1.29 is 1.37 Å². The number of likely N-dealkylation sites (N-methyl/N-ethyl adjacent to an activating group) is 1. The van der Waals surface area contributed by atoms with Crippen LogP contribution < -0.4 is 0 Å². The normalized spacial score (nSPS) is 17.8. The third-order valence-electron chi connectivity index (χ3n) is 3.39. The van der Waals surface area contributed by atoms with Crippen molar-refractivity contribution in [2.45, 2.75) is 13.0 Å². The molecule has 2 heteroatoms. The molecule has 1 aromatic heterocycles. The number of rotatable bonds is 0. The lowest BCUT2D eigenvalue weighted by atomic mass is 10.1. The molecule has 2 heterocycles. The van der Waals surface area contributed by atoms with Gasteiger partial charge in [0, 0.05) is 44.5 Å². The maximum absolute atomic E-state index is 7.47. The molecule has 0 atom stereocenters. The van der Waals surface area contributed by atoms with Crippen LogP contribution >= 0.6 is 0 Å². The summed E-state index contributed by atoms with van der Waals surface area (Å²) < 4.78 is 9.78. The molecule has 0 amide bonds. The van der Waals surface area contributed by atoms with E-state index in [4.69, 9.17) is 1.37 Å². The lowest BCUT2D eigenvalue weighted by Crippen LogP contribution is -2.26. The monoisotopic (exact) mass is 201 g/mol. The smallest absolute Gasteiger partial charge is 0.0483 e. The van der Waals surface area contributed by atoms with Crippen LogP contribution in [0.1, 0.15) is 12.6 Å². The summed E-state index contributed by atoms with van der Waals surface area (Å²) in [6, 6.07) is 8.57. The quantitative estimate of drug-likeness (QED) is 0.634. The molecule has 15 heavy (non-hydrogen) atoms. The highest BCUT2D eigenvalue weighted by molar-refractivity contribution is 5.85. The van der Waals surface area contributed by atoms with E-state index in [-0.39, 0.29) is 0 Å². The summed E-state index contributed by atoms with van der Waals surface area (Å²) >= 11 is 0. The van der Waals surface area contributed by atoms with Gasteiger partial charge in [-0.25, -0.2) is 0 Å². The molecule has 0 bridgehead atoms. The standard InChI is InChI=1S/C13H16N2/c1-14-8-7-13-11(9-14)10-5-3-4-6-12(10)15(13)2/h3-6H,7-9H2,1-2H3/i1D. The van der Waals surface area contributed by atoms with Crippen molar-refractivity contribution in [1.29, 1.82) is 0 Å². The van der Waals surface area contributed by atoms with Gasteiger partial charge in [-0.15, -0.1) is 0 Å². The van der Waals surface area contributed by atoms with Gasteiger partial charge in [0.05, 0.1) is 0 Å². The van der Waals surface area contributed by atoms with Gasteiger partial charge in [-0.1, -0.05) is 18.2 Å². The Hall–Kier alpha value is -1.28. The molecule has 1 aliphatic rings. The zero-order valence-electron chi connectivity index (χ0n) is 10.0. The first-order valence-electron chi connectivity index (χ1n) is 6.08. The zero-order chi connectivity index (χ0) is 11.1. The minimum absolute atomic E-state index is 0.405. The zero-order valence-corrected chi connectivity index (χ0v) is 9.03. The number of nitrogens with zero attached hydrogens (tertiary/aromatic N) is 2. The van der Waals surface area contributed by atoms with E-state index in [1.54, 1.807) is 0 Å². The Bertz CT molecular complexity index is 530. The largest absolute Gasteiger partial charge is 0.347 e. The van der Waals surface area contributed by atoms with Crippen molar-refractivity contribution in [2.75, 3.05) is 13.6 Å². The molecular weight excluding hydrogens is 184 g/mol. The second-order valence-corrected chi connectivity index (χ2v) is 4.30. The summed E-state index contributed by atoms with van der Waals surface area (Å²) in [4.78, 5) is 2.19. The highest BCUT2D eigenvalue weighted by Gasteiger charge is 2.19. The number of hydrogen-bond acceptors (Lipinski definition) is 1. The van der Waals surface area contributed by atoms with Crippen LogP contribution in [0.5, 0.6) is 0 Å². The number of aromatic nitrogens is 1. The van der Waals surface area contributed by atoms with Crippen molar-refractivity contribution in [3.63, 3.8) is 0 Å². The number of fused-ring (bicyclic) bond motifs is 3. The molecule has 0 saturated carbocycles. The van der Waals surface area contributed by atoms with Gasteiger partial charge in [-0.3, -0.25) is 0 Å². The van der Waals surface area contributed by atoms with Crippen LogP contribution in [0.25, 0.3) is 10.9 Å². The number of hydrogen-bond donors (Lipinski definition) is 0. The highest BCUT2D eigenvalue weighted by Crippen LogP contribution is 2.29. The molecule has 3 rings (SSSR count). The van der Waals surface area contributed by atoms with Gasteiger partial charge < -0.3 is 9.47 Å². The Balaban J connectivity index is 2.21. The van der Waals surface area contributed by atoms with Crippen molar-refractivity contribution in [2.24, 2.45) is 7.05 Å². The van der Waals surface area contributed by atoms with E-state index in [2.05, 4.69) is 40.8 Å². The summed E-state index contributed by atoms with van der Waals surface area (Å²) in [5.74, 6) is 0. The second kappa shape index (κ2) is 3.11. The Morgan fingerprint density at radius 2 is 2.20 bits per heavy atom. The van der Waals surface area contributed by atoms with Crippen molar-refractivity contribution in [3.8, 4) is 0 Å². The lowest BCUT2D eigenvalue weighted by molar-refractivity contribution is 0.310.